The Hall–Kier alpha value is -3.32. The predicted octanol–water partition coefficient (Wildman–Crippen LogP) is 2.17. The zero-order valence-corrected chi connectivity index (χ0v) is 22.9. The van der Waals surface area contributed by atoms with E-state index in [4.69, 9.17) is 19.8 Å². The Morgan fingerprint density at radius 1 is 1.08 bits per heavy atom. The third kappa shape index (κ3) is 4.61. The van der Waals surface area contributed by atoms with Crippen LogP contribution >= 0.6 is 0 Å². The van der Waals surface area contributed by atoms with Gasteiger partial charge in [0, 0.05) is 56.1 Å². The van der Waals surface area contributed by atoms with Gasteiger partial charge in [0.25, 0.3) is 0 Å². The molecule has 3 aliphatic heterocycles. The van der Waals surface area contributed by atoms with Gasteiger partial charge < -0.3 is 14.6 Å². The Morgan fingerprint density at radius 2 is 1.92 bits per heavy atom. The van der Waals surface area contributed by atoms with E-state index in [1.54, 1.807) is 4.31 Å². The summed E-state index contributed by atoms with van der Waals surface area (Å²) in [5.41, 5.74) is 5.75. The lowest BCUT2D eigenvalue weighted by atomic mass is 10.1. The van der Waals surface area contributed by atoms with E-state index in [2.05, 4.69) is 46.0 Å². The minimum Gasteiger partial charge on any atom is -0.378 e. The maximum atomic E-state index is 12.1. The van der Waals surface area contributed by atoms with E-state index in [0.717, 1.165) is 54.3 Å². The maximum Gasteiger partial charge on any atom is 0.211 e. The molecule has 3 fully saturated rings. The Kier molecular flexibility index (Phi) is 5.96. The van der Waals surface area contributed by atoms with Crippen LogP contribution in [0.3, 0.4) is 0 Å². The Balaban J connectivity index is 1.21. The first-order chi connectivity index (χ1) is 18.8. The number of H-pyrrole nitrogens is 1. The van der Waals surface area contributed by atoms with Crippen LogP contribution in [-0.2, 0) is 21.3 Å². The second kappa shape index (κ2) is 9.40. The lowest BCUT2D eigenvalue weighted by Gasteiger charge is -2.32. The number of aryl methyl sites for hydroxylation is 1. The molecule has 39 heavy (non-hydrogen) atoms. The molecule has 0 spiro atoms. The van der Waals surface area contributed by atoms with E-state index in [1.807, 2.05) is 23.0 Å². The number of aromatic amines is 1. The first-order valence-corrected chi connectivity index (χ1v) is 15.2. The van der Waals surface area contributed by atoms with E-state index in [-0.39, 0.29) is 12.1 Å². The molecule has 3 aliphatic rings. The summed E-state index contributed by atoms with van der Waals surface area (Å²) in [6.45, 7) is 6.91. The maximum absolute atomic E-state index is 12.1. The third-order valence-corrected chi connectivity index (χ3v) is 9.35. The molecular weight excluding hydrogens is 516 g/mol. The summed E-state index contributed by atoms with van der Waals surface area (Å²) in [4.78, 5) is 18.0. The van der Waals surface area contributed by atoms with Crippen molar-refractivity contribution in [3.63, 3.8) is 0 Å². The second-order valence-corrected chi connectivity index (χ2v) is 12.7. The van der Waals surface area contributed by atoms with Gasteiger partial charge in [-0.3, -0.25) is 4.90 Å². The van der Waals surface area contributed by atoms with Crippen molar-refractivity contribution in [3.05, 3.63) is 54.0 Å². The molecule has 0 radical (unpaired) electrons. The number of fused-ring (bicyclic) bond motifs is 3. The molecule has 7 rings (SSSR count). The van der Waals surface area contributed by atoms with Gasteiger partial charge in [0.2, 0.25) is 10.0 Å². The minimum atomic E-state index is -3.17. The molecule has 204 valence electrons. The molecular formula is C27H32N8O3S. The summed E-state index contributed by atoms with van der Waals surface area (Å²) in [5.74, 6) is 1.55. The zero-order chi connectivity index (χ0) is 26.7. The summed E-state index contributed by atoms with van der Waals surface area (Å²) in [7, 11) is -3.17. The van der Waals surface area contributed by atoms with Gasteiger partial charge in [-0.05, 0) is 25.5 Å². The number of nitrogens with zero attached hydrogens (tertiary/aromatic N) is 7. The summed E-state index contributed by atoms with van der Waals surface area (Å²) < 4.78 is 33.3. The molecule has 0 amide bonds. The molecule has 0 aliphatic carbocycles. The average molecular weight is 549 g/mol. The summed E-state index contributed by atoms with van der Waals surface area (Å²) in [5, 5.41) is 4.84. The molecule has 4 aromatic rings. The van der Waals surface area contributed by atoms with Crippen molar-refractivity contribution in [2.24, 2.45) is 0 Å². The first kappa shape index (κ1) is 24.7. The molecule has 3 aromatic heterocycles. The topological polar surface area (TPSA) is 112 Å². The van der Waals surface area contributed by atoms with Gasteiger partial charge >= 0.3 is 0 Å². The minimum absolute atomic E-state index is 0.0467. The molecule has 11 nitrogen and oxygen atoms in total. The molecule has 3 saturated heterocycles. The van der Waals surface area contributed by atoms with Crippen molar-refractivity contribution in [2.45, 2.75) is 32.0 Å². The summed E-state index contributed by atoms with van der Waals surface area (Å²) in [6, 6.07) is 12.7. The van der Waals surface area contributed by atoms with E-state index >= 15 is 0 Å². The summed E-state index contributed by atoms with van der Waals surface area (Å²) in [6.07, 6.45) is 4.12. The lowest BCUT2D eigenvalue weighted by molar-refractivity contribution is 0.123. The largest absolute Gasteiger partial charge is 0.378 e. The average Bonchev–Trinajstić information content (AvgIpc) is 3.71. The Bertz CT molecular complexity index is 1640. The smallest absolute Gasteiger partial charge is 0.211 e. The lowest BCUT2D eigenvalue weighted by Crippen LogP contribution is -2.47. The van der Waals surface area contributed by atoms with Crippen LogP contribution in [0, 0.1) is 6.92 Å². The van der Waals surface area contributed by atoms with Gasteiger partial charge in [-0.15, -0.1) is 0 Å². The fourth-order valence-electron chi connectivity index (χ4n) is 6.17. The highest BCUT2D eigenvalue weighted by molar-refractivity contribution is 7.88. The molecule has 2 atom stereocenters. The number of hydrogen-bond donors (Lipinski definition) is 1. The Morgan fingerprint density at radius 3 is 2.67 bits per heavy atom. The molecule has 1 aromatic carbocycles. The van der Waals surface area contributed by atoms with Crippen LogP contribution in [0.4, 0.5) is 5.69 Å². The Labute approximate surface area is 227 Å². The van der Waals surface area contributed by atoms with Crippen molar-refractivity contribution >= 4 is 26.9 Å². The number of likely N-dealkylation sites (tertiary alicyclic amines) is 1. The molecule has 1 N–H and O–H groups in total. The fraction of sp³-hybridized carbons (Fsp3) is 0.444. The third-order valence-electron chi connectivity index (χ3n) is 8.05. The number of nitrogens with one attached hydrogen (secondary N) is 1. The van der Waals surface area contributed by atoms with Crippen molar-refractivity contribution in [1.82, 2.24) is 33.9 Å². The number of pyridine rings is 1. The number of ether oxygens (including phenoxy) is 1. The van der Waals surface area contributed by atoms with E-state index in [0.29, 0.717) is 37.8 Å². The highest BCUT2D eigenvalue weighted by atomic mass is 32.2. The monoisotopic (exact) mass is 548 g/mol. The van der Waals surface area contributed by atoms with Gasteiger partial charge in [0.15, 0.2) is 11.5 Å². The standard InChI is InChI=1S/C27H32N8O3S/c1-18-4-3-5-19(12-18)22-6-7-34(31-22)25-14-23(32-8-10-38-11-9-32)26-27(30-25)29-24(28-26)17-33-15-21-13-20(33)16-35(21)39(2,36)37/h3-7,12,14,20-21H,8-11,13,15-17H2,1-2H3,(H,28,29,30). The van der Waals surface area contributed by atoms with Crippen LogP contribution in [0.5, 0.6) is 0 Å². The number of sulfonamides is 1. The molecule has 6 heterocycles. The van der Waals surface area contributed by atoms with Crippen LogP contribution in [0.2, 0.25) is 0 Å². The highest BCUT2D eigenvalue weighted by Crippen LogP contribution is 2.34. The van der Waals surface area contributed by atoms with Crippen LogP contribution < -0.4 is 4.90 Å². The quantitative estimate of drug-likeness (QED) is 0.390. The number of hydrogen-bond acceptors (Lipinski definition) is 8. The van der Waals surface area contributed by atoms with Crippen LogP contribution in [0.15, 0.2) is 42.6 Å². The number of aromatic nitrogens is 5. The van der Waals surface area contributed by atoms with E-state index in [9.17, 15) is 8.42 Å². The van der Waals surface area contributed by atoms with Crippen LogP contribution in [0.25, 0.3) is 28.2 Å². The summed E-state index contributed by atoms with van der Waals surface area (Å²) >= 11 is 0. The van der Waals surface area contributed by atoms with Crippen molar-refractivity contribution in [1.29, 1.82) is 0 Å². The van der Waals surface area contributed by atoms with Crippen LogP contribution in [0.1, 0.15) is 17.8 Å². The normalized spacial score (nSPS) is 22.4. The van der Waals surface area contributed by atoms with Crippen molar-refractivity contribution in [2.75, 3.05) is 50.5 Å². The van der Waals surface area contributed by atoms with E-state index in [1.165, 1.54) is 11.8 Å². The second-order valence-electron chi connectivity index (χ2n) is 10.8. The number of benzene rings is 1. The van der Waals surface area contributed by atoms with Gasteiger partial charge in [0.05, 0.1) is 37.4 Å². The number of piperazine rings is 1. The molecule has 2 unspecified atom stereocenters. The van der Waals surface area contributed by atoms with Gasteiger partial charge in [-0.25, -0.2) is 23.1 Å². The zero-order valence-electron chi connectivity index (χ0n) is 22.1. The molecule has 0 saturated carbocycles. The predicted molar refractivity (Wildman–Crippen MR) is 148 cm³/mol. The van der Waals surface area contributed by atoms with Gasteiger partial charge in [0.1, 0.15) is 11.3 Å². The molecule has 12 heteroatoms. The number of imidazole rings is 1. The fourth-order valence-corrected chi connectivity index (χ4v) is 7.30. The van der Waals surface area contributed by atoms with Crippen LogP contribution in [-0.4, -0.2) is 100 Å². The number of anilines is 1. The number of rotatable bonds is 6. The van der Waals surface area contributed by atoms with Crippen molar-refractivity contribution in [3.8, 4) is 17.1 Å². The van der Waals surface area contributed by atoms with Gasteiger partial charge in [-0.2, -0.15) is 9.40 Å². The van der Waals surface area contributed by atoms with E-state index < -0.39 is 10.0 Å². The number of morpholine rings is 1. The molecule has 2 bridgehead atoms. The SMILES string of the molecule is Cc1cccc(-c2ccn(-c3cc(N4CCOCC4)c4[nH]c(CN5CC6CC5CN6S(C)(=O)=O)nc4n3)n2)c1. The van der Waals surface area contributed by atoms with Gasteiger partial charge in [-0.1, -0.05) is 23.8 Å². The highest BCUT2D eigenvalue weighted by Gasteiger charge is 2.46. The van der Waals surface area contributed by atoms with Crippen molar-refractivity contribution < 1.29 is 13.2 Å². The first-order valence-electron chi connectivity index (χ1n) is 13.4.